The fourth-order valence-electron chi connectivity index (χ4n) is 1.32. The summed E-state index contributed by atoms with van der Waals surface area (Å²) in [4.78, 5) is 11.3. The van der Waals surface area contributed by atoms with E-state index >= 15 is 0 Å². The number of rotatable bonds is 5. The number of carbonyl (C=O) groups is 1. The van der Waals surface area contributed by atoms with Gasteiger partial charge in [-0.25, -0.2) is 0 Å². The molecule has 1 aromatic carbocycles. The summed E-state index contributed by atoms with van der Waals surface area (Å²) in [6.45, 7) is 4.32. The third kappa shape index (κ3) is 4.38. The lowest BCUT2D eigenvalue weighted by atomic mass is 9.97. The molecule has 4 heteroatoms. The van der Waals surface area contributed by atoms with Crippen LogP contribution in [0.25, 0.3) is 0 Å². The quantitative estimate of drug-likeness (QED) is 0.783. The Morgan fingerprint density at radius 3 is 2.41 bits per heavy atom. The van der Waals surface area contributed by atoms with Gasteiger partial charge in [0, 0.05) is 10.4 Å². The summed E-state index contributed by atoms with van der Waals surface area (Å²) in [6.07, 6.45) is 0. The maximum absolute atomic E-state index is 11.3. The van der Waals surface area contributed by atoms with E-state index < -0.39 is 0 Å². The molecule has 0 fully saturated rings. The zero-order valence-corrected chi connectivity index (χ0v) is 11.9. The van der Waals surface area contributed by atoms with Crippen molar-refractivity contribution >= 4 is 21.9 Å². The molecule has 0 radical (unpaired) electrons. The Morgan fingerprint density at radius 2 is 1.88 bits per heavy atom. The molecule has 94 valence electrons. The van der Waals surface area contributed by atoms with Gasteiger partial charge in [0.05, 0.1) is 19.6 Å². The van der Waals surface area contributed by atoms with E-state index in [-0.39, 0.29) is 17.8 Å². The van der Waals surface area contributed by atoms with E-state index in [0.717, 1.165) is 10.2 Å². The van der Waals surface area contributed by atoms with Gasteiger partial charge in [0.15, 0.2) is 0 Å². The number of halogens is 1. The Bertz CT molecular complexity index is 361. The van der Waals surface area contributed by atoms with E-state index in [1.807, 2.05) is 38.1 Å². The molecule has 17 heavy (non-hydrogen) atoms. The van der Waals surface area contributed by atoms with Gasteiger partial charge in [0.25, 0.3) is 0 Å². The molecular formula is C13H17BrO3. The third-order valence-electron chi connectivity index (χ3n) is 2.75. The van der Waals surface area contributed by atoms with E-state index in [9.17, 15) is 4.79 Å². The monoisotopic (exact) mass is 300 g/mol. The molecule has 3 nitrogen and oxygen atoms in total. The first-order valence-electron chi connectivity index (χ1n) is 5.50. The molecule has 0 aromatic heterocycles. The fraction of sp³-hybridized carbons (Fsp3) is 0.462. The lowest BCUT2D eigenvalue weighted by molar-refractivity contribution is -0.146. The van der Waals surface area contributed by atoms with E-state index in [2.05, 4.69) is 15.9 Å². The van der Waals surface area contributed by atoms with Gasteiger partial charge >= 0.3 is 5.97 Å². The summed E-state index contributed by atoms with van der Waals surface area (Å²) < 4.78 is 11.3. The maximum atomic E-state index is 11.3. The maximum Gasteiger partial charge on any atom is 0.308 e. The van der Waals surface area contributed by atoms with E-state index in [0.29, 0.717) is 6.61 Å². The second-order valence-corrected chi connectivity index (χ2v) is 4.97. The Morgan fingerprint density at radius 1 is 1.29 bits per heavy atom. The van der Waals surface area contributed by atoms with Crippen LogP contribution < -0.4 is 4.74 Å². The van der Waals surface area contributed by atoms with Gasteiger partial charge in [0.2, 0.25) is 0 Å². The minimum absolute atomic E-state index is 0.117. The number of esters is 1. The van der Waals surface area contributed by atoms with Gasteiger partial charge < -0.3 is 9.47 Å². The number of hydrogen-bond acceptors (Lipinski definition) is 3. The Hall–Kier alpha value is -1.03. The van der Waals surface area contributed by atoms with Crippen LogP contribution in [-0.4, -0.2) is 19.7 Å². The van der Waals surface area contributed by atoms with Crippen LogP contribution in [0.15, 0.2) is 28.7 Å². The summed E-state index contributed by atoms with van der Waals surface area (Å²) in [5.74, 6) is 0.565. The molecule has 0 aliphatic carbocycles. The SMILES string of the molecule is COC(=O)C(C)C(C)COc1ccc(Br)cc1. The van der Waals surface area contributed by atoms with Gasteiger partial charge in [0.1, 0.15) is 5.75 Å². The molecule has 0 bridgehead atoms. The van der Waals surface area contributed by atoms with Gasteiger partial charge in [-0.15, -0.1) is 0 Å². The first-order valence-corrected chi connectivity index (χ1v) is 6.30. The highest BCUT2D eigenvalue weighted by Crippen LogP contribution is 2.19. The highest BCUT2D eigenvalue weighted by Gasteiger charge is 2.21. The number of hydrogen-bond donors (Lipinski definition) is 0. The van der Waals surface area contributed by atoms with Crippen LogP contribution in [0.3, 0.4) is 0 Å². The molecule has 0 saturated carbocycles. The summed E-state index contributed by atoms with van der Waals surface area (Å²) >= 11 is 3.36. The molecule has 1 rings (SSSR count). The highest BCUT2D eigenvalue weighted by atomic mass is 79.9. The molecule has 0 saturated heterocycles. The van der Waals surface area contributed by atoms with Crippen LogP contribution in [-0.2, 0) is 9.53 Å². The molecule has 0 N–H and O–H groups in total. The number of methoxy groups -OCH3 is 1. The molecule has 0 heterocycles. The van der Waals surface area contributed by atoms with Crippen LogP contribution in [0.5, 0.6) is 5.75 Å². The predicted molar refractivity (Wildman–Crippen MR) is 70.0 cm³/mol. The van der Waals surface area contributed by atoms with Crippen molar-refractivity contribution in [2.75, 3.05) is 13.7 Å². The van der Waals surface area contributed by atoms with Gasteiger partial charge in [-0.2, -0.15) is 0 Å². The van der Waals surface area contributed by atoms with Crippen molar-refractivity contribution < 1.29 is 14.3 Å². The van der Waals surface area contributed by atoms with Crippen molar-refractivity contribution in [2.45, 2.75) is 13.8 Å². The first-order chi connectivity index (χ1) is 8.04. The summed E-state index contributed by atoms with van der Waals surface area (Å²) in [7, 11) is 1.40. The van der Waals surface area contributed by atoms with Crippen molar-refractivity contribution in [1.82, 2.24) is 0 Å². The minimum Gasteiger partial charge on any atom is -0.493 e. The predicted octanol–water partition coefficient (Wildman–Crippen LogP) is 3.27. The molecule has 0 spiro atoms. The van der Waals surface area contributed by atoms with Crippen molar-refractivity contribution in [3.63, 3.8) is 0 Å². The van der Waals surface area contributed by atoms with E-state index in [1.54, 1.807) is 0 Å². The summed E-state index contributed by atoms with van der Waals surface area (Å²) in [6, 6.07) is 7.62. The van der Waals surface area contributed by atoms with Gasteiger partial charge in [-0.3, -0.25) is 4.79 Å². The smallest absolute Gasteiger partial charge is 0.308 e. The molecule has 2 atom stereocenters. The van der Waals surface area contributed by atoms with Crippen molar-refractivity contribution in [3.05, 3.63) is 28.7 Å². The minimum atomic E-state index is -0.197. The second-order valence-electron chi connectivity index (χ2n) is 4.05. The van der Waals surface area contributed by atoms with Crippen molar-refractivity contribution in [1.29, 1.82) is 0 Å². The normalized spacial score (nSPS) is 13.9. The highest BCUT2D eigenvalue weighted by molar-refractivity contribution is 9.10. The molecule has 1 aromatic rings. The van der Waals surface area contributed by atoms with Crippen molar-refractivity contribution in [3.8, 4) is 5.75 Å². The zero-order valence-electron chi connectivity index (χ0n) is 10.3. The molecule has 0 amide bonds. The van der Waals surface area contributed by atoms with Crippen LogP contribution in [0.1, 0.15) is 13.8 Å². The summed E-state index contributed by atoms with van der Waals surface area (Å²) in [5, 5.41) is 0. The number of benzene rings is 1. The standard InChI is InChI=1S/C13H17BrO3/c1-9(10(2)13(15)16-3)8-17-12-6-4-11(14)5-7-12/h4-7,9-10H,8H2,1-3H3. The van der Waals surface area contributed by atoms with Crippen molar-refractivity contribution in [2.24, 2.45) is 11.8 Å². The summed E-state index contributed by atoms with van der Waals surface area (Å²) in [5.41, 5.74) is 0. The fourth-order valence-corrected chi connectivity index (χ4v) is 1.59. The average Bonchev–Trinajstić information content (AvgIpc) is 2.35. The van der Waals surface area contributed by atoms with Gasteiger partial charge in [-0.1, -0.05) is 29.8 Å². The Kier molecular flexibility index (Phi) is 5.48. The molecule has 0 aliphatic heterocycles. The lowest BCUT2D eigenvalue weighted by Crippen LogP contribution is -2.24. The largest absolute Gasteiger partial charge is 0.493 e. The molecular weight excluding hydrogens is 284 g/mol. The van der Waals surface area contributed by atoms with E-state index in [4.69, 9.17) is 9.47 Å². The Labute approximate surface area is 110 Å². The molecule has 0 aliphatic rings. The van der Waals surface area contributed by atoms with Crippen LogP contribution >= 0.6 is 15.9 Å². The van der Waals surface area contributed by atoms with Crippen LogP contribution in [0.4, 0.5) is 0 Å². The number of ether oxygens (including phenoxy) is 2. The van der Waals surface area contributed by atoms with E-state index in [1.165, 1.54) is 7.11 Å². The van der Waals surface area contributed by atoms with Crippen LogP contribution in [0, 0.1) is 11.8 Å². The second kappa shape index (κ2) is 6.64. The third-order valence-corrected chi connectivity index (χ3v) is 3.28. The van der Waals surface area contributed by atoms with Crippen LogP contribution in [0.2, 0.25) is 0 Å². The lowest BCUT2D eigenvalue weighted by Gasteiger charge is -2.18. The topological polar surface area (TPSA) is 35.5 Å². The average molecular weight is 301 g/mol. The molecule has 2 unspecified atom stereocenters. The first kappa shape index (κ1) is 14.0. The Balaban J connectivity index is 2.45. The zero-order chi connectivity index (χ0) is 12.8. The number of carbonyl (C=O) groups excluding carboxylic acids is 1. The van der Waals surface area contributed by atoms with Gasteiger partial charge in [-0.05, 0) is 24.3 Å².